The number of nitro benzene ring substituents is 2. The molecule has 0 heterocycles. The molecule has 0 unspecified atom stereocenters. The lowest BCUT2D eigenvalue weighted by molar-refractivity contribution is -0.423. The lowest BCUT2D eigenvalue weighted by atomic mass is 9.95. The number of halogens is 1. The van der Waals surface area contributed by atoms with Gasteiger partial charge in [0.15, 0.2) is 0 Å². The summed E-state index contributed by atoms with van der Waals surface area (Å²) in [7, 11) is 1.71. The fourth-order valence-electron chi connectivity index (χ4n) is 1.26. The predicted octanol–water partition coefficient (Wildman–Crippen LogP) is 1.40. The van der Waals surface area contributed by atoms with Crippen LogP contribution in [0.2, 0.25) is 0 Å². The lowest BCUT2D eigenvalue weighted by Crippen LogP contribution is -2.02. The van der Waals surface area contributed by atoms with Gasteiger partial charge in [-0.1, -0.05) is 6.07 Å². The molecule has 78 valence electrons. The van der Waals surface area contributed by atoms with Gasteiger partial charge in [0.05, 0.1) is 9.85 Å². The summed E-state index contributed by atoms with van der Waals surface area (Å²) in [4.78, 5) is 20.0. The fourth-order valence-corrected chi connectivity index (χ4v) is 1.72. The van der Waals surface area contributed by atoms with Gasteiger partial charge in [-0.05, 0) is 28.3 Å². The summed E-state index contributed by atoms with van der Waals surface area (Å²) in [5, 5.41) is 21.4. The van der Waals surface area contributed by atoms with E-state index in [-0.39, 0.29) is 4.47 Å². The van der Waals surface area contributed by atoms with Crippen molar-refractivity contribution in [3.63, 3.8) is 0 Å². The van der Waals surface area contributed by atoms with E-state index in [1.54, 1.807) is 7.85 Å². The monoisotopic (exact) mass is 272 g/mol. The fraction of sp³-hybridized carbons (Fsp3) is 0.143. The molecule has 0 saturated heterocycles. The molecule has 0 fully saturated rings. The molecule has 0 aromatic heterocycles. The van der Waals surface area contributed by atoms with Crippen LogP contribution in [0.1, 0.15) is 5.56 Å². The van der Waals surface area contributed by atoms with E-state index < -0.39 is 21.2 Å². The molecule has 0 bridgehead atoms. The zero-order valence-electron chi connectivity index (χ0n) is 7.77. The maximum atomic E-state index is 10.7. The number of rotatable bonds is 3. The predicted molar refractivity (Wildman–Crippen MR) is 59.7 cm³/mol. The molecular weight excluding hydrogens is 267 g/mol. The first-order chi connectivity index (χ1) is 6.99. The third kappa shape index (κ3) is 2.15. The Labute approximate surface area is 94.1 Å². The Morgan fingerprint density at radius 1 is 1.20 bits per heavy atom. The molecule has 8 heteroatoms. The molecule has 15 heavy (non-hydrogen) atoms. The van der Waals surface area contributed by atoms with Crippen LogP contribution < -0.4 is 0 Å². The standard InChI is InChI=1S/C7H6BBrN2O4/c8-3-4-1-2-5(9)7(11(14)15)6(4)10(12)13/h1-2H,3,8H2. The minimum Gasteiger partial charge on any atom is -0.258 e. The Bertz CT molecular complexity index is 437. The van der Waals surface area contributed by atoms with Crippen LogP contribution in [0.25, 0.3) is 0 Å². The van der Waals surface area contributed by atoms with Crippen LogP contribution in [0.3, 0.4) is 0 Å². The van der Waals surface area contributed by atoms with E-state index in [1.165, 1.54) is 12.1 Å². The van der Waals surface area contributed by atoms with Crippen molar-refractivity contribution in [2.75, 3.05) is 0 Å². The van der Waals surface area contributed by atoms with Crippen molar-refractivity contribution in [1.29, 1.82) is 0 Å². The summed E-state index contributed by atoms with van der Waals surface area (Å²) in [6.07, 6.45) is 0.379. The highest BCUT2D eigenvalue weighted by Gasteiger charge is 2.30. The number of hydrogen-bond donors (Lipinski definition) is 0. The number of hydrogen-bond acceptors (Lipinski definition) is 4. The molecule has 6 nitrogen and oxygen atoms in total. The van der Waals surface area contributed by atoms with Gasteiger partial charge in [-0.2, -0.15) is 0 Å². The Hall–Kier alpha value is -1.44. The Balaban J connectivity index is 3.58. The van der Waals surface area contributed by atoms with Crippen LogP contribution in [0, 0.1) is 20.2 Å². The molecule has 0 aliphatic heterocycles. The Morgan fingerprint density at radius 2 is 1.73 bits per heavy atom. The summed E-state index contributed by atoms with van der Waals surface area (Å²) >= 11 is 2.93. The second-order valence-electron chi connectivity index (χ2n) is 2.77. The van der Waals surface area contributed by atoms with Crippen LogP contribution in [0.15, 0.2) is 16.6 Å². The second kappa shape index (κ2) is 4.39. The molecule has 1 aromatic rings. The van der Waals surface area contributed by atoms with Gasteiger partial charge in [0.2, 0.25) is 0 Å². The molecule has 0 spiro atoms. The van der Waals surface area contributed by atoms with Crippen molar-refractivity contribution in [1.82, 2.24) is 0 Å². The van der Waals surface area contributed by atoms with Crippen LogP contribution in [0.5, 0.6) is 0 Å². The summed E-state index contributed by atoms with van der Waals surface area (Å²) in [6.45, 7) is 0. The van der Waals surface area contributed by atoms with Crippen LogP contribution in [-0.2, 0) is 6.32 Å². The summed E-state index contributed by atoms with van der Waals surface area (Å²) in [5.74, 6) is 0. The van der Waals surface area contributed by atoms with Gasteiger partial charge in [0, 0.05) is 5.56 Å². The zero-order chi connectivity index (χ0) is 11.6. The van der Waals surface area contributed by atoms with Crippen LogP contribution in [-0.4, -0.2) is 17.7 Å². The average molecular weight is 273 g/mol. The minimum atomic E-state index is -0.749. The lowest BCUT2D eigenvalue weighted by Gasteiger charge is -2.01. The van der Waals surface area contributed by atoms with Gasteiger partial charge < -0.3 is 0 Å². The number of benzene rings is 1. The Morgan fingerprint density at radius 3 is 2.13 bits per heavy atom. The molecule has 0 N–H and O–H groups in total. The maximum absolute atomic E-state index is 10.7. The quantitative estimate of drug-likeness (QED) is 0.473. The molecule has 1 rings (SSSR count). The summed E-state index contributed by atoms with van der Waals surface area (Å²) in [6, 6.07) is 2.96. The zero-order valence-corrected chi connectivity index (χ0v) is 9.35. The molecule has 1 aromatic carbocycles. The van der Waals surface area contributed by atoms with E-state index >= 15 is 0 Å². The van der Waals surface area contributed by atoms with Gasteiger partial charge in [0.1, 0.15) is 12.3 Å². The highest BCUT2D eigenvalue weighted by Crippen LogP contribution is 2.37. The van der Waals surface area contributed by atoms with Gasteiger partial charge in [-0.15, -0.1) is 0 Å². The first kappa shape index (κ1) is 11.6. The molecular formula is C7H6BBrN2O4. The third-order valence-electron chi connectivity index (χ3n) is 1.93. The summed E-state index contributed by atoms with van der Waals surface area (Å²) < 4.78 is 0.122. The van der Waals surface area contributed by atoms with E-state index in [1.807, 2.05) is 0 Å². The number of nitrogens with zero attached hydrogens (tertiary/aromatic N) is 2. The first-order valence-electron chi connectivity index (χ1n) is 4.09. The normalized spacial score (nSPS) is 9.93. The van der Waals surface area contributed by atoms with Crippen molar-refractivity contribution in [2.45, 2.75) is 6.32 Å². The molecule has 0 aliphatic carbocycles. The number of nitro groups is 2. The van der Waals surface area contributed by atoms with E-state index in [0.29, 0.717) is 11.9 Å². The van der Waals surface area contributed by atoms with Crippen molar-refractivity contribution in [2.24, 2.45) is 0 Å². The average Bonchev–Trinajstić information content (AvgIpc) is 2.16. The third-order valence-corrected chi connectivity index (χ3v) is 2.57. The van der Waals surface area contributed by atoms with Gasteiger partial charge in [0.25, 0.3) is 0 Å². The minimum absolute atomic E-state index is 0.122. The van der Waals surface area contributed by atoms with Crippen molar-refractivity contribution in [3.05, 3.63) is 42.4 Å². The van der Waals surface area contributed by atoms with E-state index in [2.05, 4.69) is 15.9 Å². The second-order valence-corrected chi connectivity index (χ2v) is 3.63. The smallest absolute Gasteiger partial charge is 0.258 e. The molecule has 0 saturated carbocycles. The van der Waals surface area contributed by atoms with Gasteiger partial charge in [-0.25, -0.2) is 0 Å². The van der Waals surface area contributed by atoms with E-state index in [0.717, 1.165) is 0 Å². The van der Waals surface area contributed by atoms with Crippen molar-refractivity contribution >= 4 is 35.2 Å². The van der Waals surface area contributed by atoms with Gasteiger partial charge in [-0.3, -0.25) is 20.2 Å². The first-order valence-corrected chi connectivity index (χ1v) is 4.88. The largest absolute Gasteiger partial charge is 0.360 e. The molecule has 0 radical (unpaired) electrons. The van der Waals surface area contributed by atoms with E-state index in [9.17, 15) is 20.2 Å². The highest BCUT2D eigenvalue weighted by molar-refractivity contribution is 9.10. The molecule has 0 amide bonds. The van der Waals surface area contributed by atoms with Crippen LogP contribution in [0.4, 0.5) is 11.4 Å². The van der Waals surface area contributed by atoms with E-state index in [4.69, 9.17) is 0 Å². The maximum Gasteiger partial charge on any atom is 0.360 e. The van der Waals surface area contributed by atoms with Gasteiger partial charge >= 0.3 is 11.4 Å². The van der Waals surface area contributed by atoms with Crippen molar-refractivity contribution < 1.29 is 9.85 Å². The topological polar surface area (TPSA) is 86.3 Å². The van der Waals surface area contributed by atoms with Crippen LogP contribution >= 0.6 is 15.9 Å². The molecule has 0 atom stereocenters. The molecule has 0 aliphatic rings. The summed E-state index contributed by atoms with van der Waals surface area (Å²) in [5.41, 5.74) is -0.564. The van der Waals surface area contributed by atoms with Crippen molar-refractivity contribution in [3.8, 4) is 0 Å². The Kier molecular flexibility index (Phi) is 3.41. The highest BCUT2D eigenvalue weighted by atomic mass is 79.9. The SMILES string of the molecule is BCc1ccc(Br)c([N+](=O)[O-])c1[N+](=O)[O-].